The zero-order valence-electron chi connectivity index (χ0n) is 14.7. The fraction of sp³-hybridized carbons (Fsp3) is 0.200. The van der Waals surface area contributed by atoms with E-state index >= 15 is 0 Å². The number of hydrogen-bond donors (Lipinski definition) is 1. The number of hydrogen-bond acceptors (Lipinski definition) is 3. The van der Waals surface area contributed by atoms with Crippen molar-refractivity contribution in [2.75, 3.05) is 0 Å². The molecule has 0 saturated heterocycles. The first-order chi connectivity index (χ1) is 13.2. The Hall–Kier alpha value is -1.95. The summed E-state index contributed by atoms with van der Waals surface area (Å²) in [5.74, 6) is 1.74. The van der Waals surface area contributed by atoms with E-state index in [-0.39, 0.29) is 0 Å². The van der Waals surface area contributed by atoms with E-state index < -0.39 is 0 Å². The molecule has 1 N–H and O–H groups in total. The van der Waals surface area contributed by atoms with Gasteiger partial charge in [-0.25, -0.2) is 0 Å². The molecule has 0 unspecified atom stereocenters. The van der Waals surface area contributed by atoms with Gasteiger partial charge in [-0.2, -0.15) is 0 Å². The molecule has 0 radical (unpaired) electrons. The molecule has 0 fully saturated rings. The first-order valence-corrected chi connectivity index (χ1v) is 10.4. The van der Waals surface area contributed by atoms with Gasteiger partial charge >= 0.3 is 0 Å². The third-order valence-corrected chi connectivity index (χ3v) is 6.26. The molecule has 2 aromatic heterocycles. The molecule has 27 heavy (non-hydrogen) atoms. The van der Waals surface area contributed by atoms with Crippen LogP contribution in [0, 0.1) is 0 Å². The Morgan fingerprint density at radius 2 is 1.93 bits per heavy atom. The number of aromatic nitrogens is 4. The van der Waals surface area contributed by atoms with Crippen molar-refractivity contribution in [2.45, 2.75) is 30.8 Å². The van der Waals surface area contributed by atoms with E-state index in [2.05, 4.69) is 51.1 Å². The Kier molecular flexibility index (Phi) is 5.43. The third-order valence-electron chi connectivity index (χ3n) is 4.49. The number of benzene rings is 2. The molecule has 4 rings (SSSR count). The zero-order valence-corrected chi connectivity index (χ0v) is 17.1. The minimum Gasteiger partial charge on any atom is -0.361 e. The lowest BCUT2D eigenvalue weighted by atomic mass is 10.1. The van der Waals surface area contributed by atoms with Gasteiger partial charge < -0.3 is 9.55 Å². The number of nitrogens with one attached hydrogen (secondary N) is 1. The lowest BCUT2D eigenvalue weighted by Crippen LogP contribution is -2.04. The Morgan fingerprint density at radius 3 is 2.74 bits per heavy atom. The standard InChI is InChI=1S/C20H18Cl2N4S/c1-2-26-19(10-14-11-23-18-6-4-3-5-15(14)18)24-25-20(26)27-12-13-7-8-16(21)17(22)9-13/h3-9,11,23H,2,10,12H2,1H3. The molecule has 0 atom stereocenters. The van der Waals surface area contributed by atoms with Crippen LogP contribution in [-0.2, 0) is 18.7 Å². The summed E-state index contributed by atoms with van der Waals surface area (Å²) in [5.41, 5.74) is 3.48. The van der Waals surface area contributed by atoms with Crippen molar-refractivity contribution in [3.63, 3.8) is 0 Å². The third kappa shape index (κ3) is 3.86. The smallest absolute Gasteiger partial charge is 0.191 e. The second kappa shape index (κ2) is 7.97. The lowest BCUT2D eigenvalue weighted by Gasteiger charge is -2.07. The Labute approximate surface area is 171 Å². The van der Waals surface area contributed by atoms with E-state index in [1.807, 2.05) is 24.3 Å². The summed E-state index contributed by atoms with van der Waals surface area (Å²) in [6.45, 7) is 2.94. The van der Waals surface area contributed by atoms with Crippen LogP contribution in [0.3, 0.4) is 0 Å². The summed E-state index contributed by atoms with van der Waals surface area (Å²) < 4.78 is 2.17. The first-order valence-electron chi connectivity index (χ1n) is 8.69. The van der Waals surface area contributed by atoms with Gasteiger partial charge in [-0.05, 0) is 36.2 Å². The maximum absolute atomic E-state index is 6.11. The quantitative estimate of drug-likeness (QED) is 0.393. The minimum absolute atomic E-state index is 0.572. The molecule has 2 heterocycles. The number of rotatable bonds is 6. The highest BCUT2D eigenvalue weighted by molar-refractivity contribution is 7.98. The predicted molar refractivity (Wildman–Crippen MR) is 113 cm³/mol. The summed E-state index contributed by atoms with van der Waals surface area (Å²) in [4.78, 5) is 3.32. The highest BCUT2D eigenvalue weighted by Crippen LogP contribution is 2.28. The van der Waals surface area contributed by atoms with Crippen LogP contribution in [-0.4, -0.2) is 19.7 Å². The average Bonchev–Trinajstić information content (AvgIpc) is 3.27. The van der Waals surface area contributed by atoms with Gasteiger partial charge in [0.2, 0.25) is 0 Å². The van der Waals surface area contributed by atoms with Crippen molar-refractivity contribution >= 4 is 45.9 Å². The van der Waals surface area contributed by atoms with E-state index in [9.17, 15) is 0 Å². The molecule has 0 saturated carbocycles. The van der Waals surface area contributed by atoms with Crippen LogP contribution in [0.25, 0.3) is 10.9 Å². The summed E-state index contributed by atoms with van der Waals surface area (Å²) >= 11 is 13.8. The molecule has 0 spiro atoms. The molecule has 7 heteroatoms. The van der Waals surface area contributed by atoms with Gasteiger partial charge in [0, 0.05) is 35.8 Å². The molecule has 138 valence electrons. The molecule has 0 bridgehead atoms. The van der Waals surface area contributed by atoms with Crippen LogP contribution >= 0.6 is 35.0 Å². The van der Waals surface area contributed by atoms with Gasteiger partial charge in [-0.3, -0.25) is 0 Å². The molecule has 2 aromatic carbocycles. The van der Waals surface area contributed by atoms with Gasteiger partial charge in [0.1, 0.15) is 5.82 Å². The molecule has 0 amide bonds. The monoisotopic (exact) mass is 416 g/mol. The van der Waals surface area contributed by atoms with Crippen LogP contribution < -0.4 is 0 Å². The molecule has 0 aliphatic carbocycles. The fourth-order valence-corrected chi connectivity index (χ4v) is 4.38. The molecule has 0 aliphatic rings. The summed E-state index contributed by atoms with van der Waals surface area (Å²) in [6.07, 6.45) is 2.81. The van der Waals surface area contributed by atoms with Gasteiger partial charge in [-0.1, -0.05) is 59.2 Å². The Balaban J connectivity index is 1.53. The topological polar surface area (TPSA) is 46.5 Å². The van der Waals surface area contributed by atoms with E-state index in [1.165, 1.54) is 10.9 Å². The summed E-state index contributed by atoms with van der Waals surface area (Å²) in [7, 11) is 0. The molecule has 4 aromatic rings. The number of para-hydroxylation sites is 1. The van der Waals surface area contributed by atoms with E-state index in [0.29, 0.717) is 10.0 Å². The second-order valence-electron chi connectivity index (χ2n) is 6.22. The van der Waals surface area contributed by atoms with Gasteiger partial charge in [0.25, 0.3) is 0 Å². The Morgan fingerprint density at radius 1 is 1.07 bits per heavy atom. The van der Waals surface area contributed by atoms with Crippen molar-refractivity contribution in [3.05, 3.63) is 75.7 Å². The number of H-pyrrole nitrogens is 1. The van der Waals surface area contributed by atoms with Crippen molar-refractivity contribution < 1.29 is 0 Å². The maximum atomic E-state index is 6.11. The second-order valence-corrected chi connectivity index (χ2v) is 7.97. The van der Waals surface area contributed by atoms with E-state index in [4.69, 9.17) is 23.2 Å². The lowest BCUT2D eigenvalue weighted by molar-refractivity contribution is 0.651. The normalized spacial score (nSPS) is 11.4. The highest BCUT2D eigenvalue weighted by Gasteiger charge is 2.14. The van der Waals surface area contributed by atoms with Gasteiger partial charge in [0.15, 0.2) is 5.16 Å². The van der Waals surface area contributed by atoms with Crippen LogP contribution in [0.4, 0.5) is 0 Å². The van der Waals surface area contributed by atoms with Crippen molar-refractivity contribution in [1.82, 2.24) is 19.7 Å². The molecule has 0 aliphatic heterocycles. The van der Waals surface area contributed by atoms with Crippen LogP contribution in [0.15, 0.2) is 53.8 Å². The van der Waals surface area contributed by atoms with Crippen molar-refractivity contribution in [3.8, 4) is 0 Å². The van der Waals surface area contributed by atoms with E-state index in [0.717, 1.165) is 40.8 Å². The largest absolute Gasteiger partial charge is 0.361 e. The number of fused-ring (bicyclic) bond motifs is 1. The number of thioether (sulfide) groups is 1. The zero-order chi connectivity index (χ0) is 18.8. The van der Waals surface area contributed by atoms with Gasteiger partial charge in [0.05, 0.1) is 10.0 Å². The first kappa shape index (κ1) is 18.4. The van der Waals surface area contributed by atoms with Crippen molar-refractivity contribution in [1.29, 1.82) is 0 Å². The van der Waals surface area contributed by atoms with Crippen LogP contribution in [0.1, 0.15) is 23.9 Å². The van der Waals surface area contributed by atoms with Crippen molar-refractivity contribution in [2.24, 2.45) is 0 Å². The molecular weight excluding hydrogens is 399 g/mol. The Bertz CT molecular complexity index is 1090. The SMILES string of the molecule is CCn1c(Cc2c[nH]c3ccccc23)nnc1SCc1ccc(Cl)c(Cl)c1. The summed E-state index contributed by atoms with van der Waals surface area (Å²) in [6, 6.07) is 14.0. The molecule has 4 nitrogen and oxygen atoms in total. The highest BCUT2D eigenvalue weighted by atomic mass is 35.5. The van der Waals surface area contributed by atoms with Crippen LogP contribution in [0.5, 0.6) is 0 Å². The number of nitrogens with zero attached hydrogens (tertiary/aromatic N) is 3. The number of aromatic amines is 1. The minimum atomic E-state index is 0.572. The van der Waals surface area contributed by atoms with Crippen LogP contribution in [0.2, 0.25) is 10.0 Å². The number of halogens is 2. The fourth-order valence-electron chi connectivity index (χ4n) is 3.10. The van der Waals surface area contributed by atoms with E-state index in [1.54, 1.807) is 11.8 Å². The predicted octanol–water partition coefficient (Wildman–Crippen LogP) is 5.97. The van der Waals surface area contributed by atoms with Gasteiger partial charge in [-0.15, -0.1) is 10.2 Å². The maximum Gasteiger partial charge on any atom is 0.191 e. The average molecular weight is 417 g/mol. The summed E-state index contributed by atoms with van der Waals surface area (Å²) in [5, 5.41) is 12.1. The molecular formula is C20H18Cl2N4S.